The van der Waals surface area contributed by atoms with E-state index in [0.717, 1.165) is 43.1 Å². The normalized spacial score (nSPS) is 19.2. The van der Waals surface area contributed by atoms with Crippen LogP contribution in [0.1, 0.15) is 24.9 Å². The van der Waals surface area contributed by atoms with Crippen LogP contribution in [0, 0.1) is 0 Å². The van der Waals surface area contributed by atoms with Crippen molar-refractivity contribution in [1.29, 1.82) is 0 Å². The Bertz CT molecular complexity index is 446. The summed E-state index contributed by atoms with van der Waals surface area (Å²) in [5.74, 6) is 0.995. The van der Waals surface area contributed by atoms with Crippen molar-refractivity contribution >= 4 is 17.3 Å². The minimum Gasteiger partial charge on any atom is -0.369 e. The van der Waals surface area contributed by atoms with Crippen LogP contribution in [0.25, 0.3) is 5.70 Å². The van der Waals surface area contributed by atoms with Crippen LogP contribution >= 0.6 is 11.6 Å². The SMILES string of the molecule is C=C(c1c(Cl)nc(CC)n1C)N(C)C1CCNC1. The molecule has 0 radical (unpaired) electrons. The van der Waals surface area contributed by atoms with Gasteiger partial charge in [0.1, 0.15) is 11.5 Å². The van der Waals surface area contributed by atoms with E-state index < -0.39 is 0 Å². The second-order valence-corrected chi connectivity index (χ2v) is 5.14. The van der Waals surface area contributed by atoms with E-state index >= 15 is 0 Å². The molecule has 1 N–H and O–H groups in total. The molecule has 5 heteroatoms. The standard InChI is InChI=1S/C13H21ClN4/c1-5-11-16-13(14)12(18(11)4)9(2)17(3)10-6-7-15-8-10/h10,15H,2,5-8H2,1,3-4H3. The van der Waals surface area contributed by atoms with Crippen LogP contribution in [0.15, 0.2) is 6.58 Å². The molecule has 1 saturated heterocycles. The van der Waals surface area contributed by atoms with Crippen LogP contribution in [-0.2, 0) is 13.5 Å². The molecule has 1 aliphatic rings. The average Bonchev–Trinajstić information content (AvgIpc) is 2.96. The van der Waals surface area contributed by atoms with Crippen LogP contribution in [0.5, 0.6) is 0 Å². The molecule has 0 spiro atoms. The van der Waals surface area contributed by atoms with Crippen molar-refractivity contribution in [3.05, 3.63) is 23.3 Å². The Labute approximate surface area is 114 Å². The molecular formula is C13H21ClN4. The lowest BCUT2D eigenvalue weighted by atomic mass is 10.2. The van der Waals surface area contributed by atoms with E-state index in [-0.39, 0.29) is 0 Å². The summed E-state index contributed by atoms with van der Waals surface area (Å²) in [6.45, 7) is 8.35. The molecule has 0 amide bonds. The van der Waals surface area contributed by atoms with Crippen molar-refractivity contribution in [2.75, 3.05) is 20.1 Å². The molecule has 2 rings (SSSR count). The van der Waals surface area contributed by atoms with Gasteiger partial charge in [0.05, 0.1) is 5.70 Å². The average molecular weight is 269 g/mol. The number of hydrogen-bond acceptors (Lipinski definition) is 3. The maximum atomic E-state index is 6.24. The lowest BCUT2D eigenvalue weighted by Gasteiger charge is -2.28. The number of aromatic nitrogens is 2. The molecule has 100 valence electrons. The van der Waals surface area contributed by atoms with E-state index in [1.807, 2.05) is 11.6 Å². The van der Waals surface area contributed by atoms with Crippen LogP contribution in [-0.4, -0.2) is 40.6 Å². The van der Waals surface area contributed by atoms with Gasteiger partial charge in [-0.3, -0.25) is 0 Å². The Balaban J connectivity index is 2.25. The van der Waals surface area contributed by atoms with E-state index in [2.05, 4.69) is 35.8 Å². The quantitative estimate of drug-likeness (QED) is 0.906. The summed E-state index contributed by atoms with van der Waals surface area (Å²) in [7, 11) is 4.08. The number of nitrogens with one attached hydrogen (secondary N) is 1. The molecule has 1 aromatic heterocycles. The zero-order valence-corrected chi connectivity index (χ0v) is 12.1. The summed E-state index contributed by atoms with van der Waals surface area (Å²) in [5.41, 5.74) is 1.88. The van der Waals surface area contributed by atoms with Gasteiger partial charge in [-0.15, -0.1) is 0 Å². The largest absolute Gasteiger partial charge is 0.369 e. The van der Waals surface area contributed by atoms with Crippen LogP contribution < -0.4 is 5.32 Å². The van der Waals surface area contributed by atoms with Gasteiger partial charge in [0.2, 0.25) is 0 Å². The predicted octanol–water partition coefficient (Wildman–Crippen LogP) is 1.90. The highest BCUT2D eigenvalue weighted by Gasteiger charge is 2.24. The first kappa shape index (κ1) is 13.4. The lowest BCUT2D eigenvalue weighted by Crippen LogP contribution is -2.32. The number of nitrogens with zero attached hydrogens (tertiary/aromatic N) is 3. The molecule has 1 unspecified atom stereocenters. The third kappa shape index (κ3) is 2.27. The maximum Gasteiger partial charge on any atom is 0.156 e. The van der Waals surface area contributed by atoms with Gasteiger partial charge >= 0.3 is 0 Å². The molecule has 4 nitrogen and oxygen atoms in total. The Kier molecular flexibility index (Phi) is 3.97. The van der Waals surface area contributed by atoms with Crippen LogP contribution in [0.4, 0.5) is 0 Å². The highest BCUT2D eigenvalue weighted by Crippen LogP contribution is 2.27. The third-order valence-electron chi connectivity index (χ3n) is 3.74. The summed E-state index contributed by atoms with van der Waals surface area (Å²) in [4.78, 5) is 6.59. The topological polar surface area (TPSA) is 33.1 Å². The van der Waals surface area contributed by atoms with Gasteiger partial charge in [-0.25, -0.2) is 4.98 Å². The fraction of sp³-hybridized carbons (Fsp3) is 0.615. The number of aryl methyl sites for hydroxylation is 1. The number of imidazole rings is 1. The zero-order valence-electron chi connectivity index (χ0n) is 11.3. The second-order valence-electron chi connectivity index (χ2n) is 4.78. The zero-order chi connectivity index (χ0) is 13.3. The molecule has 1 aliphatic heterocycles. The Morgan fingerprint density at radius 1 is 1.67 bits per heavy atom. The Hall–Kier alpha value is -1.00. The fourth-order valence-corrected chi connectivity index (χ4v) is 2.83. The van der Waals surface area contributed by atoms with Gasteiger partial charge in [0.15, 0.2) is 5.15 Å². The van der Waals surface area contributed by atoms with Gasteiger partial charge < -0.3 is 14.8 Å². The van der Waals surface area contributed by atoms with E-state index in [1.165, 1.54) is 0 Å². The lowest BCUT2D eigenvalue weighted by molar-refractivity contribution is 0.368. The highest BCUT2D eigenvalue weighted by atomic mass is 35.5. The molecular weight excluding hydrogens is 248 g/mol. The summed E-state index contributed by atoms with van der Waals surface area (Å²) in [6, 6.07) is 0.494. The first-order valence-corrected chi connectivity index (χ1v) is 6.78. The highest BCUT2D eigenvalue weighted by molar-refractivity contribution is 6.31. The van der Waals surface area contributed by atoms with Crippen molar-refractivity contribution in [3.8, 4) is 0 Å². The van der Waals surface area contributed by atoms with E-state index in [1.54, 1.807) is 0 Å². The van der Waals surface area contributed by atoms with E-state index in [4.69, 9.17) is 11.6 Å². The third-order valence-corrected chi connectivity index (χ3v) is 4.01. The van der Waals surface area contributed by atoms with Crippen molar-refractivity contribution < 1.29 is 0 Å². The molecule has 0 aromatic carbocycles. The smallest absolute Gasteiger partial charge is 0.156 e. The summed E-state index contributed by atoms with van der Waals surface area (Å²) in [5, 5.41) is 3.92. The molecule has 0 aliphatic carbocycles. The van der Waals surface area contributed by atoms with Crippen LogP contribution in [0.2, 0.25) is 5.15 Å². The Morgan fingerprint density at radius 2 is 2.39 bits per heavy atom. The number of likely N-dealkylation sites (N-methyl/N-ethyl adjacent to an activating group) is 1. The molecule has 1 aromatic rings. The van der Waals surface area contributed by atoms with Crippen LogP contribution in [0.3, 0.4) is 0 Å². The number of halogens is 1. The molecule has 1 atom stereocenters. The van der Waals surface area contributed by atoms with Crippen molar-refractivity contribution in [3.63, 3.8) is 0 Å². The summed E-state index contributed by atoms with van der Waals surface area (Å²) >= 11 is 6.24. The fourth-order valence-electron chi connectivity index (χ4n) is 2.50. The second kappa shape index (κ2) is 5.33. The van der Waals surface area contributed by atoms with Gasteiger partial charge in [0, 0.05) is 33.1 Å². The van der Waals surface area contributed by atoms with E-state index in [0.29, 0.717) is 11.2 Å². The summed E-state index contributed by atoms with van der Waals surface area (Å²) in [6.07, 6.45) is 2.02. The van der Waals surface area contributed by atoms with Crippen molar-refractivity contribution in [2.45, 2.75) is 25.8 Å². The van der Waals surface area contributed by atoms with E-state index in [9.17, 15) is 0 Å². The predicted molar refractivity (Wildman–Crippen MR) is 75.7 cm³/mol. The number of hydrogen-bond donors (Lipinski definition) is 1. The minimum absolute atomic E-state index is 0.494. The summed E-state index contributed by atoms with van der Waals surface area (Å²) < 4.78 is 2.05. The van der Waals surface area contributed by atoms with Crippen molar-refractivity contribution in [1.82, 2.24) is 19.8 Å². The minimum atomic E-state index is 0.494. The molecule has 1 fully saturated rings. The van der Waals surface area contributed by atoms with Gasteiger partial charge in [-0.05, 0) is 13.0 Å². The molecule has 0 saturated carbocycles. The maximum absolute atomic E-state index is 6.24. The monoisotopic (exact) mass is 268 g/mol. The van der Waals surface area contributed by atoms with Crippen molar-refractivity contribution in [2.24, 2.45) is 7.05 Å². The molecule has 0 bridgehead atoms. The first-order valence-electron chi connectivity index (χ1n) is 6.40. The first-order chi connectivity index (χ1) is 8.56. The molecule has 2 heterocycles. The van der Waals surface area contributed by atoms with Gasteiger partial charge in [-0.2, -0.15) is 0 Å². The Morgan fingerprint density at radius 3 is 2.89 bits per heavy atom. The van der Waals surface area contributed by atoms with Gasteiger partial charge in [0.25, 0.3) is 0 Å². The number of rotatable bonds is 4. The van der Waals surface area contributed by atoms with Gasteiger partial charge in [-0.1, -0.05) is 25.1 Å². The molecule has 18 heavy (non-hydrogen) atoms.